The molecule has 0 aliphatic carbocycles. The van der Waals surface area contributed by atoms with E-state index >= 15 is 0 Å². The first-order valence-electron chi connectivity index (χ1n) is 8.89. The molecule has 28 heavy (non-hydrogen) atoms. The van der Waals surface area contributed by atoms with Crippen molar-refractivity contribution in [2.45, 2.75) is 18.5 Å². The zero-order chi connectivity index (χ0) is 19.4. The number of carboxylic acid groups (broad SMARTS) is 1. The smallest absolute Gasteiger partial charge is 0.202 e. The van der Waals surface area contributed by atoms with Crippen LogP contribution in [0.1, 0.15) is 22.9 Å². The highest BCUT2D eigenvalue weighted by molar-refractivity contribution is 5.86. The van der Waals surface area contributed by atoms with Crippen molar-refractivity contribution < 1.29 is 24.0 Å². The van der Waals surface area contributed by atoms with Gasteiger partial charge in [-0.2, -0.15) is 0 Å². The number of aliphatic carboxylic acids is 1. The SMILES string of the molecule is O=C([O-])[C@@H]1Cc2c([nH]c3ccccc23)[C@@H](c2coc3ccc(F)cc3c2=O)[NH2+]1. The van der Waals surface area contributed by atoms with Crippen molar-refractivity contribution in [3.8, 4) is 0 Å². The number of H-pyrrole nitrogens is 1. The first kappa shape index (κ1) is 16.7. The zero-order valence-electron chi connectivity index (χ0n) is 14.6. The summed E-state index contributed by atoms with van der Waals surface area (Å²) in [6.45, 7) is 0. The van der Waals surface area contributed by atoms with Gasteiger partial charge >= 0.3 is 0 Å². The minimum atomic E-state index is -1.20. The third kappa shape index (κ3) is 2.44. The molecule has 5 rings (SSSR count). The fraction of sp³-hybridized carbons (Fsp3) is 0.143. The van der Waals surface area contributed by atoms with Crippen LogP contribution in [0.25, 0.3) is 21.9 Å². The second-order valence-corrected chi connectivity index (χ2v) is 7.02. The van der Waals surface area contributed by atoms with Crippen molar-refractivity contribution in [3.05, 3.63) is 81.6 Å². The standard InChI is InChI=1S/C21H15FN2O4/c22-10-5-6-17-13(7-10)20(25)14(9-28-17)19-18-12(8-16(24-19)21(26)27)11-3-1-2-4-15(11)23-18/h1-7,9,16,19,23-24H,8H2,(H,26,27)/t16-,19+/m0/s1. The van der Waals surface area contributed by atoms with Gasteiger partial charge in [0.1, 0.15) is 23.7 Å². The number of benzene rings is 2. The van der Waals surface area contributed by atoms with Crippen LogP contribution in [0, 0.1) is 5.82 Å². The Kier molecular flexibility index (Phi) is 3.60. The average molecular weight is 378 g/mol. The number of nitrogens with two attached hydrogens (primary N) is 1. The molecule has 3 heterocycles. The summed E-state index contributed by atoms with van der Waals surface area (Å²) in [4.78, 5) is 28.0. The Morgan fingerprint density at radius 2 is 2.04 bits per heavy atom. The molecule has 0 radical (unpaired) electrons. The molecule has 2 aromatic heterocycles. The Labute approximate surface area is 157 Å². The van der Waals surface area contributed by atoms with E-state index < -0.39 is 23.9 Å². The van der Waals surface area contributed by atoms with Crippen LogP contribution >= 0.6 is 0 Å². The van der Waals surface area contributed by atoms with E-state index in [-0.39, 0.29) is 28.4 Å². The summed E-state index contributed by atoms with van der Waals surface area (Å²) in [5.74, 6) is -1.74. The number of carboxylic acids is 1. The highest BCUT2D eigenvalue weighted by Crippen LogP contribution is 2.31. The monoisotopic (exact) mass is 378 g/mol. The second kappa shape index (κ2) is 6.03. The molecule has 1 aliphatic heterocycles. The predicted octanol–water partition coefficient (Wildman–Crippen LogP) is 0.741. The molecule has 6 nitrogen and oxygen atoms in total. The number of carbonyl (C=O) groups excluding carboxylic acids is 1. The molecular formula is C21H15FN2O4. The van der Waals surface area contributed by atoms with Crippen LogP contribution in [0.4, 0.5) is 4.39 Å². The number of nitrogens with one attached hydrogen (secondary N) is 1. The van der Waals surface area contributed by atoms with Gasteiger partial charge in [-0.1, -0.05) is 18.2 Å². The van der Waals surface area contributed by atoms with Crippen LogP contribution in [0.3, 0.4) is 0 Å². The van der Waals surface area contributed by atoms with Crippen LogP contribution in [0.2, 0.25) is 0 Å². The Balaban J connectivity index is 1.76. The third-order valence-corrected chi connectivity index (χ3v) is 5.41. The summed E-state index contributed by atoms with van der Waals surface area (Å²) in [7, 11) is 0. The molecule has 0 saturated heterocycles. The zero-order valence-corrected chi connectivity index (χ0v) is 14.6. The lowest BCUT2D eigenvalue weighted by Gasteiger charge is -2.28. The molecule has 0 amide bonds. The van der Waals surface area contributed by atoms with Crippen LogP contribution in [-0.2, 0) is 11.2 Å². The summed E-state index contributed by atoms with van der Waals surface area (Å²) in [6.07, 6.45) is 1.61. The second-order valence-electron chi connectivity index (χ2n) is 7.02. The van der Waals surface area contributed by atoms with Gasteiger partial charge in [-0.3, -0.25) is 4.79 Å². The van der Waals surface area contributed by atoms with E-state index in [0.29, 0.717) is 0 Å². The normalized spacial score (nSPS) is 19.0. The van der Waals surface area contributed by atoms with Crippen molar-refractivity contribution in [2.24, 2.45) is 0 Å². The molecule has 3 N–H and O–H groups in total. The number of aromatic amines is 1. The van der Waals surface area contributed by atoms with Gasteiger partial charge in [-0.15, -0.1) is 0 Å². The number of aromatic nitrogens is 1. The maximum atomic E-state index is 13.7. The van der Waals surface area contributed by atoms with Crippen molar-refractivity contribution >= 4 is 27.8 Å². The van der Waals surface area contributed by atoms with E-state index in [1.54, 1.807) is 5.32 Å². The number of halogens is 1. The predicted molar refractivity (Wildman–Crippen MR) is 97.0 cm³/mol. The van der Waals surface area contributed by atoms with Gasteiger partial charge in [0.25, 0.3) is 0 Å². The topological polar surface area (TPSA) is 103 Å². The van der Waals surface area contributed by atoms with Gasteiger partial charge in [-0.05, 0) is 29.8 Å². The molecule has 4 aromatic rings. The number of carbonyl (C=O) groups is 1. The molecule has 140 valence electrons. The van der Waals surface area contributed by atoms with Crippen molar-refractivity contribution in [1.82, 2.24) is 4.98 Å². The quantitative estimate of drug-likeness (QED) is 0.537. The van der Waals surface area contributed by atoms with E-state index in [1.165, 1.54) is 18.4 Å². The van der Waals surface area contributed by atoms with Crippen molar-refractivity contribution in [1.29, 1.82) is 0 Å². The molecule has 7 heteroatoms. The van der Waals surface area contributed by atoms with Crippen molar-refractivity contribution in [3.63, 3.8) is 0 Å². The molecule has 0 fully saturated rings. The van der Waals surface area contributed by atoms with Crippen LogP contribution in [0.15, 0.2) is 57.9 Å². The van der Waals surface area contributed by atoms with Crippen LogP contribution in [-0.4, -0.2) is 17.0 Å². The third-order valence-electron chi connectivity index (χ3n) is 5.41. The molecule has 1 aliphatic rings. The lowest BCUT2D eigenvalue weighted by atomic mass is 9.90. The summed E-state index contributed by atoms with van der Waals surface area (Å²) < 4.78 is 19.2. The lowest BCUT2D eigenvalue weighted by molar-refractivity contribution is -0.717. The highest BCUT2D eigenvalue weighted by atomic mass is 19.1. The van der Waals surface area contributed by atoms with Gasteiger partial charge in [0.05, 0.1) is 22.6 Å². The summed E-state index contributed by atoms with van der Waals surface area (Å²) in [5, 5.41) is 14.3. The van der Waals surface area contributed by atoms with E-state index in [9.17, 15) is 19.1 Å². The highest BCUT2D eigenvalue weighted by Gasteiger charge is 2.36. The van der Waals surface area contributed by atoms with Crippen LogP contribution < -0.4 is 15.9 Å². The van der Waals surface area contributed by atoms with Gasteiger partial charge in [-0.25, -0.2) is 4.39 Å². The minimum Gasteiger partial charge on any atom is -0.544 e. The number of fused-ring (bicyclic) bond motifs is 4. The molecule has 0 bridgehead atoms. The number of hydrogen-bond acceptors (Lipinski definition) is 4. The maximum Gasteiger partial charge on any atom is 0.202 e. The first-order valence-corrected chi connectivity index (χ1v) is 8.89. The maximum absolute atomic E-state index is 13.7. The first-order chi connectivity index (χ1) is 13.5. The molecular weight excluding hydrogens is 363 g/mol. The van der Waals surface area contributed by atoms with E-state index in [0.717, 1.165) is 28.2 Å². The fourth-order valence-electron chi connectivity index (χ4n) is 4.08. The Hall–Kier alpha value is -3.45. The van der Waals surface area contributed by atoms with Crippen LogP contribution in [0.5, 0.6) is 0 Å². The molecule has 2 atom stereocenters. The summed E-state index contributed by atoms with van der Waals surface area (Å²) in [6, 6.07) is 9.86. The summed E-state index contributed by atoms with van der Waals surface area (Å²) >= 11 is 0. The number of quaternary nitrogens is 1. The van der Waals surface area contributed by atoms with E-state index in [2.05, 4.69) is 4.98 Å². The van der Waals surface area contributed by atoms with Gasteiger partial charge in [0, 0.05) is 17.3 Å². The lowest BCUT2D eigenvalue weighted by Crippen LogP contribution is -2.96. The molecule has 0 unspecified atom stereocenters. The van der Waals surface area contributed by atoms with Crippen molar-refractivity contribution in [2.75, 3.05) is 0 Å². The number of para-hydroxylation sites is 1. The van der Waals surface area contributed by atoms with Gasteiger partial charge in [0.2, 0.25) is 5.43 Å². The average Bonchev–Trinajstić information content (AvgIpc) is 3.07. The molecule has 0 saturated carbocycles. The van der Waals surface area contributed by atoms with Gasteiger partial charge < -0.3 is 24.6 Å². The fourth-order valence-corrected chi connectivity index (χ4v) is 4.08. The van der Waals surface area contributed by atoms with E-state index in [1.807, 2.05) is 24.3 Å². The Bertz CT molecular complexity index is 1310. The number of hydrogen-bond donors (Lipinski definition) is 2. The van der Waals surface area contributed by atoms with Gasteiger partial charge in [0.15, 0.2) is 6.04 Å². The molecule has 0 spiro atoms. The summed E-state index contributed by atoms with van der Waals surface area (Å²) in [5.41, 5.74) is 2.61. The van der Waals surface area contributed by atoms with E-state index in [4.69, 9.17) is 4.42 Å². The Morgan fingerprint density at radius 1 is 1.21 bits per heavy atom. The number of rotatable bonds is 2. The molecule has 2 aromatic carbocycles. The minimum absolute atomic E-state index is 0.124. The largest absolute Gasteiger partial charge is 0.544 e. The Morgan fingerprint density at radius 3 is 2.86 bits per heavy atom.